The molecule has 31 heavy (non-hydrogen) atoms. The van der Waals surface area contributed by atoms with E-state index in [-0.39, 0.29) is 17.7 Å². The number of thiazole rings is 1. The highest BCUT2D eigenvalue weighted by molar-refractivity contribution is 7.07. The summed E-state index contributed by atoms with van der Waals surface area (Å²) in [6, 6.07) is 7.21. The van der Waals surface area contributed by atoms with Gasteiger partial charge in [0.1, 0.15) is 12.4 Å². The lowest BCUT2D eigenvalue weighted by Gasteiger charge is -2.31. The normalized spacial score (nSPS) is 14.4. The molecule has 1 N–H and O–H groups in total. The zero-order valence-corrected chi connectivity index (χ0v) is 18.2. The van der Waals surface area contributed by atoms with Crippen molar-refractivity contribution in [1.29, 1.82) is 0 Å². The average molecular weight is 440 g/mol. The minimum Gasteiger partial charge on any atom is -0.487 e. The SMILES string of the molecule is CCn1cc(NC(=O)C2CCN(C(=O)c3cccc(OCc4cscn4)c3)CC2)cn1. The lowest BCUT2D eigenvalue weighted by molar-refractivity contribution is -0.121. The number of aryl methyl sites for hydroxylation is 1. The van der Waals surface area contributed by atoms with E-state index >= 15 is 0 Å². The number of piperidine rings is 1. The Morgan fingerprint density at radius 3 is 2.84 bits per heavy atom. The molecule has 162 valence electrons. The van der Waals surface area contributed by atoms with E-state index in [1.807, 2.05) is 30.6 Å². The number of ether oxygens (including phenoxy) is 1. The molecule has 0 unspecified atom stereocenters. The van der Waals surface area contributed by atoms with Gasteiger partial charge < -0.3 is 15.0 Å². The molecule has 0 spiro atoms. The number of hydrogen-bond acceptors (Lipinski definition) is 6. The molecule has 0 radical (unpaired) electrons. The molecule has 0 aliphatic carbocycles. The Bertz CT molecular complexity index is 1030. The number of carbonyl (C=O) groups is 2. The lowest BCUT2D eigenvalue weighted by Crippen LogP contribution is -2.41. The lowest BCUT2D eigenvalue weighted by atomic mass is 9.95. The molecule has 0 bridgehead atoms. The van der Waals surface area contributed by atoms with Crippen molar-refractivity contribution < 1.29 is 14.3 Å². The van der Waals surface area contributed by atoms with E-state index in [4.69, 9.17) is 4.74 Å². The van der Waals surface area contributed by atoms with Crippen LogP contribution in [-0.2, 0) is 17.9 Å². The van der Waals surface area contributed by atoms with Crippen LogP contribution in [0.4, 0.5) is 5.69 Å². The second-order valence-corrected chi connectivity index (χ2v) is 8.16. The molecule has 2 aromatic heterocycles. The topological polar surface area (TPSA) is 89.4 Å². The summed E-state index contributed by atoms with van der Waals surface area (Å²) in [5, 5.41) is 9.04. The summed E-state index contributed by atoms with van der Waals surface area (Å²) in [6.45, 7) is 4.23. The van der Waals surface area contributed by atoms with E-state index in [0.717, 1.165) is 12.2 Å². The van der Waals surface area contributed by atoms with Crippen molar-refractivity contribution in [3.05, 3.63) is 58.8 Å². The Morgan fingerprint density at radius 1 is 1.29 bits per heavy atom. The first kappa shape index (κ1) is 21.0. The molecule has 2 amide bonds. The maximum atomic E-state index is 12.9. The third kappa shape index (κ3) is 5.29. The van der Waals surface area contributed by atoms with Gasteiger partial charge in [-0.05, 0) is 38.0 Å². The monoisotopic (exact) mass is 439 g/mol. The Morgan fingerprint density at radius 2 is 2.13 bits per heavy atom. The number of nitrogens with one attached hydrogen (secondary N) is 1. The Balaban J connectivity index is 1.29. The minimum absolute atomic E-state index is 0.0137. The summed E-state index contributed by atoms with van der Waals surface area (Å²) in [7, 11) is 0. The fourth-order valence-electron chi connectivity index (χ4n) is 3.56. The van der Waals surface area contributed by atoms with Gasteiger partial charge in [-0.1, -0.05) is 6.07 Å². The highest BCUT2D eigenvalue weighted by Crippen LogP contribution is 2.22. The molecule has 4 rings (SSSR count). The van der Waals surface area contributed by atoms with Gasteiger partial charge in [-0.2, -0.15) is 5.10 Å². The van der Waals surface area contributed by atoms with Crippen molar-refractivity contribution in [3.8, 4) is 5.75 Å². The number of hydrogen-bond donors (Lipinski definition) is 1. The molecule has 0 atom stereocenters. The largest absolute Gasteiger partial charge is 0.487 e. The summed E-state index contributed by atoms with van der Waals surface area (Å²) in [4.78, 5) is 31.5. The molecule has 1 aliphatic heterocycles. The van der Waals surface area contributed by atoms with Crippen molar-refractivity contribution in [1.82, 2.24) is 19.7 Å². The minimum atomic E-state index is -0.109. The molecule has 3 aromatic rings. The Hall–Kier alpha value is -3.20. The number of carbonyl (C=O) groups excluding carboxylic acids is 2. The van der Waals surface area contributed by atoms with Crippen molar-refractivity contribution in [3.63, 3.8) is 0 Å². The molecular weight excluding hydrogens is 414 g/mol. The van der Waals surface area contributed by atoms with Crippen LogP contribution in [0.3, 0.4) is 0 Å². The number of anilines is 1. The second kappa shape index (κ2) is 9.74. The predicted molar refractivity (Wildman–Crippen MR) is 118 cm³/mol. The zero-order chi connectivity index (χ0) is 21.6. The summed E-state index contributed by atoms with van der Waals surface area (Å²) in [5.41, 5.74) is 3.93. The van der Waals surface area contributed by atoms with Gasteiger partial charge in [0, 0.05) is 42.7 Å². The van der Waals surface area contributed by atoms with Crippen LogP contribution in [0.25, 0.3) is 0 Å². The third-order valence-corrected chi connectivity index (χ3v) is 5.96. The predicted octanol–water partition coefficient (Wildman–Crippen LogP) is 3.43. The van der Waals surface area contributed by atoms with Crippen LogP contribution >= 0.6 is 11.3 Å². The van der Waals surface area contributed by atoms with Crippen LogP contribution < -0.4 is 10.1 Å². The van der Waals surface area contributed by atoms with Gasteiger partial charge in [0.05, 0.1) is 23.1 Å². The molecule has 1 fully saturated rings. The zero-order valence-electron chi connectivity index (χ0n) is 17.4. The van der Waals surface area contributed by atoms with Gasteiger partial charge in [-0.3, -0.25) is 14.3 Å². The van der Waals surface area contributed by atoms with Crippen LogP contribution in [0.5, 0.6) is 5.75 Å². The van der Waals surface area contributed by atoms with Gasteiger partial charge in [-0.25, -0.2) is 4.98 Å². The van der Waals surface area contributed by atoms with E-state index in [9.17, 15) is 9.59 Å². The van der Waals surface area contributed by atoms with Gasteiger partial charge in [0.15, 0.2) is 0 Å². The molecule has 0 saturated carbocycles. The molecule has 8 nitrogen and oxygen atoms in total. The van der Waals surface area contributed by atoms with Crippen LogP contribution in [0.15, 0.2) is 47.5 Å². The fourth-order valence-corrected chi connectivity index (χ4v) is 4.10. The molecule has 3 heterocycles. The van der Waals surface area contributed by atoms with Gasteiger partial charge in [-0.15, -0.1) is 11.3 Å². The number of amides is 2. The standard InChI is InChI=1S/C22H25N5O3S/c1-2-27-12-18(11-24-27)25-21(28)16-6-8-26(9-7-16)22(29)17-4-3-5-20(10-17)30-13-19-14-31-15-23-19/h3-5,10-12,14-16H,2,6-9,13H2,1H3,(H,25,28). The van der Waals surface area contributed by atoms with Crippen LogP contribution in [0, 0.1) is 5.92 Å². The van der Waals surface area contributed by atoms with Gasteiger partial charge in [0.2, 0.25) is 5.91 Å². The number of aromatic nitrogens is 3. The number of likely N-dealkylation sites (tertiary alicyclic amines) is 1. The summed E-state index contributed by atoms with van der Waals surface area (Å²) in [5.74, 6) is 0.477. The highest BCUT2D eigenvalue weighted by atomic mass is 32.1. The van der Waals surface area contributed by atoms with Gasteiger partial charge in [0.25, 0.3) is 5.91 Å². The first-order chi connectivity index (χ1) is 15.1. The number of benzene rings is 1. The molecule has 1 saturated heterocycles. The summed E-state index contributed by atoms with van der Waals surface area (Å²) < 4.78 is 7.53. The van der Waals surface area contributed by atoms with Crippen LogP contribution in [0.2, 0.25) is 0 Å². The first-order valence-corrected chi connectivity index (χ1v) is 11.3. The van der Waals surface area contributed by atoms with E-state index in [0.29, 0.717) is 49.5 Å². The van der Waals surface area contributed by atoms with Crippen molar-refractivity contribution in [2.45, 2.75) is 32.9 Å². The summed E-state index contributed by atoms with van der Waals surface area (Å²) >= 11 is 1.52. The Labute approximate surface area is 184 Å². The van der Waals surface area contributed by atoms with Crippen molar-refractivity contribution >= 4 is 28.8 Å². The maximum absolute atomic E-state index is 12.9. The Kier molecular flexibility index (Phi) is 6.61. The third-order valence-electron chi connectivity index (χ3n) is 5.33. The van der Waals surface area contributed by atoms with E-state index in [2.05, 4.69) is 15.4 Å². The molecule has 9 heteroatoms. The van der Waals surface area contributed by atoms with Crippen LogP contribution in [0.1, 0.15) is 35.8 Å². The fraction of sp³-hybridized carbons (Fsp3) is 0.364. The van der Waals surface area contributed by atoms with E-state index in [1.54, 1.807) is 33.4 Å². The molecular formula is C22H25N5O3S. The average Bonchev–Trinajstić information content (AvgIpc) is 3.49. The number of nitrogens with zero attached hydrogens (tertiary/aromatic N) is 4. The first-order valence-electron chi connectivity index (χ1n) is 10.3. The quantitative estimate of drug-likeness (QED) is 0.609. The van der Waals surface area contributed by atoms with Gasteiger partial charge >= 0.3 is 0 Å². The molecule has 1 aliphatic rings. The molecule has 1 aromatic carbocycles. The summed E-state index contributed by atoms with van der Waals surface area (Å²) in [6.07, 6.45) is 4.75. The highest BCUT2D eigenvalue weighted by Gasteiger charge is 2.28. The maximum Gasteiger partial charge on any atom is 0.253 e. The number of rotatable bonds is 7. The smallest absolute Gasteiger partial charge is 0.253 e. The van der Waals surface area contributed by atoms with Crippen LogP contribution in [-0.4, -0.2) is 44.6 Å². The van der Waals surface area contributed by atoms with Crippen molar-refractivity contribution in [2.75, 3.05) is 18.4 Å². The second-order valence-electron chi connectivity index (χ2n) is 7.44. The van der Waals surface area contributed by atoms with Crippen molar-refractivity contribution in [2.24, 2.45) is 5.92 Å². The van der Waals surface area contributed by atoms with E-state index < -0.39 is 0 Å². The van der Waals surface area contributed by atoms with E-state index in [1.165, 1.54) is 11.3 Å².